The highest BCUT2D eigenvalue weighted by Crippen LogP contribution is 2.11. The summed E-state index contributed by atoms with van der Waals surface area (Å²) in [6, 6.07) is 5.25. The van der Waals surface area contributed by atoms with E-state index in [2.05, 4.69) is 0 Å². The molecule has 0 saturated carbocycles. The van der Waals surface area contributed by atoms with Gasteiger partial charge in [-0.1, -0.05) is 6.92 Å². The minimum absolute atomic E-state index is 0.0530. The van der Waals surface area contributed by atoms with Crippen LogP contribution in [0.1, 0.15) is 24.9 Å². The van der Waals surface area contributed by atoms with Crippen LogP contribution in [0.15, 0.2) is 22.1 Å². The van der Waals surface area contributed by atoms with Crippen LogP contribution in [0.25, 0.3) is 6.08 Å². The third-order valence-electron chi connectivity index (χ3n) is 1.83. The van der Waals surface area contributed by atoms with Crippen LogP contribution in [0.4, 0.5) is 0 Å². The number of hydrogen-bond acceptors (Lipinski definition) is 4. The zero-order chi connectivity index (χ0) is 12.0. The summed E-state index contributed by atoms with van der Waals surface area (Å²) in [6.45, 7) is 3.99. The van der Waals surface area contributed by atoms with E-state index in [0.717, 1.165) is 12.2 Å². The minimum atomic E-state index is -0.613. The van der Waals surface area contributed by atoms with Crippen molar-refractivity contribution in [3.63, 3.8) is 0 Å². The average molecular weight is 219 g/mol. The number of nitriles is 1. The lowest BCUT2D eigenvalue weighted by atomic mass is 10.2. The molecule has 1 aromatic heterocycles. The molecule has 1 aromatic rings. The lowest BCUT2D eigenvalue weighted by molar-refractivity contribution is -0.138. The van der Waals surface area contributed by atoms with E-state index < -0.39 is 5.97 Å². The van der Waals surface area contributed by atoms with Gasteiger partial charge in [0.2, 0.25) is 0 Å². The number of furan rings is 1. The molecule has 0 aliphatic rings. The fraction of sp³-hybridized carbons (Fsp3) is 0.333. The molecule has 0 aliphatic carbocycles. The van der Waals surface area contributed by atoms with E-state index in [4.69, 9.17) is 14.4 Å². The molecule has 84 valence electrons. The topological polar surface area (TPSA) is 63.2 Å². The molecule has 0 radical (unpaired) electrons. The predicted molar refractivity (Wildman–Crippen MR) is 58.3 cm³/mol. The van der Waals surface area contributed by atoms with Gasteiger partial charge in [0.1, 0.15) is 23.2 Å². The fourth-order valence-corrected chi connectivity index (χ4v) is 1.08. The van der Waals surface area contributed by atoms with Crippen LogP contribution in [0, 0.1) is 18.3 Å². The fourth-order valence-electron chi connectivity index (χ4n) is 1.08. The Bertz CT molecular complexity index is 437. The molecule has 0 aromatic carbocycles. The molecule has 1 rings (SSSR count). The van der Waals surface area contributed by atoms with Crippen molar-refractivity contribution in [2.75, 3.05) is 6.61 Å². The Labute approximate surface area is 94.1 Å². The molecule has 0 atom stereocenters. The number of carbonyl (C=O) groups excluding carboxylic acids is 1. The Balaban J connectivity index is 2.78. The summed E-state index contributed by atoms with van der Waals surface area (Å²) >= 11 is 0. The molecular formula is C12H13NO3. The Morgan fingerprint density at radius 2 is 2.38 bits per heavy atom. The standard InChI is InChI=1S/C12H13NO3/c1-3-6-15-12(14)10(8-13)7-11-5-4-9(2)16-11/h4-5,7H,3,6H2,1-2H3/b10-7+. The number of aryl methyl sites for hydroxylation is 1. The van der Waals surface area contributed by atoms with Crippen LogP contribution < -0.4 is 0 Å². The van der Waals surface area contributed by atoms with Gasteiger partial charge >= 0.3 is 5.97 Å². The first-order chi connectivity index (χ1) is 7.67. The minimum Gasteiger partial charge on any atom is -0.462 e. The average Bonchev–Trinajstić information content (AvgIpc) is 2.68. The number of carbonyl (C=O) groups is 1. The largest absolute Gasteiger partial charge is 0.462 e. The Hall–Kier alpha value is -2.02. The molecular weight excluding hydrogens is 206 g/mol. The molecule has 0 amide bonds. The van der Waals surface area contributed by atoms with Crippen molar-refractivity contribution < 1.29 is 13.9 Å². The number of ether oxygens (including phenoxy) is 1. The second-order valence-electron chi connectivity index (χ2n) is 3.25. The van der Waals surface area contributed by atoms with Crippen molar-refractivity contribution in [2.24, 2.45) is 0 Å². The highest BCUT2D eigenvalue weighted by molar-refractivity contribution is 5.97. The lowest BCUT2D eigenvalue weighted by Gasteiger charge is -2.00. The maximum atomic E-state index is 11.4. The van der Waals surface area contributed by atoms with Crippen LogP contribution in [-0.2, 0) is 9.53 Å². The molecule has 16 heavy (non-hydrogen) atoms. The molecule has 0 saturated heterocycles. The van der Waals surface area contributed by atoms with Crippen LogP contribution in [0.3, 0.4) is 0 Å². The SMILES string of the molecule is CCCOC(=O)/C(C#N)=C/c1ccc(C)o1. The van der Waals surface area contributed by atoms with Crippen molar-refractivity contribution in [2.45, 2.75) is 20.3 Å². The number of esters is 1. The van der Waals surface area contributed by atoms with E-state index in [9.17, 15) is 4.79 Å². The van der Waals surface area contributed by atoms with Crippen LogP contribution in [0.5, 0.6) is 0 Å². The first kappa shape index (κ1) is 12.1. The van der Waals surface area contributed by atoms with E-state index >= 15 is 0 Å². The Morgan fingerprint density at radius 3 is 2.88 bits per heavy atom. The van der Waals surface area contributed by atoms with Crippen molar-refractivity contribution in [3.8, 4) is 6.07 Å². The summed E-state index contributed by atoms with van der Waals surface area (Å²) in [5.41, 5.74) is -0.0530. The maximum absolute atomic E-state index is 11.4. The molecule has 0 unspecified atom stereocenters. The molecule has 1 heterocycles. The third-order valence-corrected chi connectivity index (χ3v) is 1.83. The summed E-state index contributed by atoms with van der Waals surface area (Å²) in [5, 5.41) is 8.80. The van der Waals surface area contributed by atoms with Gasteiger partial charge in [-0.2, -0.15) is 5.26 Å². The Kier molecular flexibility index (Phi) is 4.34. The van der Waals surface area contributed by atoms with Gasteiger partial charge in [0.15, 0.2) is 0 Å². The van der Waals surface area contributed by atoms with Gasteiger partial charge in [0, 0.05) is 6.08 Å². The van der Waals surface area contributed by atoms with Crippen LogP contribution in [-0.4, -0.2) is 12.6 Å². The van der Waals surface area contributed by atoms with Gasteiger partial charge < -0.3 is 9.15 Å². The zero-order valence-electron chi connectivity index (χ0n) is 9.32. The summed E-state index contributed by atoms with van der Waals surface area (Å²) in [7, 11) is 0. The van der Waals surface area contributed by atoms with Crippen molar-refractivity contribution in [1.82, 2.24) is 0 Å². The second-order valence-corrected chi connectivity index (χ2v) is 3.25. The summed E-state index contributed by atoms with van der Waals surface area (Å²) in [4.78, 5) is 11.4. The van der Waals surface area contributed by atoms with E-state index in [0.29, 0.717) is 12.4 Å². The molecule has 0 fully saturated rings. The van der Waals surface area contributed by atoms with Gasteiger partial charge in [-0.3, -0.25) is 0 Å². The second kappa shape index (κ2) is 5.76. The van der Waals surface area contributed by atoms with Gasteiger partial charge in [-0.25, -0.2) is 4.79 Å². The van der Waals surface area contributed by atoms with Crippen LogP contribution >= 0.6 is 0 Å². The van der Waals surface area contributed by atoms with Gasteiger partial charge in [0.05, 0.1) is 6.61 Å². The van der Waals surface area contributed by atoms with Crippen molar-refractivity contribution in [1.29, 1.82) is 5.26 Å². The maximum Gasteiger partial charge on any atom is 0.349 e. The van der Waals surface area contributed by atoms with E-state index in [1.54, 1.807) is 25.1 Å². The molecule has 4 heteroatoms. The number of rotatable bonds is 4. The van der Waals surface area contributed by atoms with Gasteiger partial charge in [-0.15, -0.1) is 0 Å². The molecule has 0 bridgehead atoms. The monoisotopic (exact) mass is 219 g/mol. The molecule has 0 N–H and O–H groups in total. The van der Waals surface area contributed by atoms with E-state index in [1.807, 2.05) is 6.92 Å². The highest BCUT2D eigenvalue weighted by atomic mass is 16.5. The quantitative estimate of drug-likeness (QED) is 0.443. The first-order valence-corrected chi connectivity index (χ1v) is 5.02. The van der Waals surface area contributed by atoms with Gasteiger partial charge in [-0.05, 0) is 25.5 Å². The summed E-state index contributed by atoms with van der Waals surface area (Å²) < 4.78 is 10.1. The molecule has 4 nitrogen and oxygen atoms in total. The number of nitrogens with zero attached hydrogens (tertiary/aromatic N) is 1. The summed E-state index contributed by atoms with van der Waals surface area (Å²) in [6.07, 6.45) is 2.11. The number of hydrogen-bond donors (Lipinski definition) is 0. The van der Waals surface area contributed by atoms with Crippen molar-refractivity contribution in [3.05, 3.63) is 29.2 Å². The van der Waals surface area contributed by atoms with Crippen LogP contribution in [0.2, 0.25) is 0 Å². The van der Waals surface area contributed by atoms with E-state index in [1.165, 1.54) is 6.08 Å². The zero-order valence-corrected chi connectivity index (χ0v) is 9.32. The smallest absolute Gasteiger partial charge is 0.349 e. The first-order valence-electron chi connectivity index (χ1n) is 5.02. The van der Waals surface area contributed by atoms with E-state index in [-0.39, 0.29) is 5.57 Å². The lowest BCUT2D eigenvalue weighted by Crippen LogP contribution is -2.07. The predicted octanol–water partition coefficient (Wildman–Crippen LogP) is 2.45. The molecule has 0 spiro atoms. The summed E-state index contributed by atoms with van der Waals surface area (Å²) in [5.74, 6) is 0.589. The molecule has 0 aliphatic heterocycles. The third kappa shape index (κ3) is 3.28. The van der Waals surface area contributed by atoms with Gasteiger partial charge in [0.25, 0.3) is 0 Å². The van der Waals surface area contributed by atoms with Crippen molar-refractivity contribution >= 4 is 12.0 Å². The normalized spacial score (nSPS) is 10.9. The Morgan fingerprint density at radius 1 is 1.62 bits per heavy atom. The highest BCUT2D eigenvalue weighted by Gasteiger charge is 2.10.